The fourth-order valence-corrected chi connectivity index (χ4v) is 2.67. The van der Waals surface area contributed by atoms with Crippen molar-refractivity contribution >= 4 is 0 Å². The SMILES string of the molecule is CCN1CCN(CC(N)c2ccc(C)c(C)c2)CC1. The molecule has 2 rings (SSSR count). The normalized spacial score (nSPS) is 19.6. The molecule has 0 radical (unpaired) electrons. The molecule has 1 atom stereocenters. The fraction of sp³-hybridized carbons (Fsp3) is 0.625. The molecule has 0 aromatic heterocycles. The third-order valence-electron chi connectivity index (χ3n) is 4.33. The van der Waals surface area contributed by atoms with E-state index in [9.17, 15) is 0 Å². The highest BCUT2D eigenvalue weighted by Gasteiger charge is 2.18. The van der Waals surface area contributed by atoms with Gasteiger partial charge in [-0.05, 0) is 37.1 Å². The number of rotatable bonds is 4. The molecule has 19 heavy (non-hydrogen) atoms. The highest BCUT2D eigenvalue weighted by Crippen LogP contribution is 2.17. The topological polar surface area (TPSA) is 32.5 Å². The summed E-state index contributed by atoms with van der Waals surface area (Å²) in [5, 5.41) is 0. The van der Waals surface area contributed by atoms with Crippen LogP contribution in [0.2, 0.25) is 0 Å². The molecule has 0 bridgehead atoms. The molecule has 1 fully saturated rings. The predicted octanol–water partition coefficient (Wildman–Crippen LogP) is 1.94. The molecule has 1 saturated heterocycles. The summed E-state index contributed by atoms with van der Waals surface area (Å²) >= 11 is 0. The number of likely N-dealkylation sites (N-methyl/N-ethyl adjacent to an activating group) is 1. The van der Waals surface area contributed by atoms with E-state index in [2.05, 4.69) is 48.8 Å². The second kappa shape index (κ2) is 6.51. The number of hydrogen-bond donors (Lipinski definition) is 1. The summed E-state index contributed by atoms with van der Waals surface area (Å²) in [7, 11) is 0. The van der Waals surface area contributed by atoms with E-state index in [-0.39, 0.29) is 6.04 Å². The average molecular weight is 261 g/mol. The molecule has 0 amide bonds. The van der Waals surface area contributed by atoms with Crippen LogP contribution in [0.5, 0.6) is 0 Å². The van der Waals surface area contributed by atoms with Crippen molar-refractivity contribution < 1.29 is 0 Å². The van der Waals surface area contributed by atoms with Crippen LogP contribution < -0.4 is 5.73 Å². The number of nitrogens with two attached hydrogens (primary N) is 1. The summed E-state index contributed by atoms with van der Waals surface area (Å²) < 4.78 is 0. The summed E-state index contributed by atoms with van der Waals surface area (Å²) in [6.45, 7) is 13.3. The maximum Gasteiger partial charge on any atom is 0.0424 e. The fourth-order valence-electron chi connectivity index (χ4n) is 2.67. The zero-order chi connectivity index (χ0) is 13.8. The molecule has 0 aliphatic carbocycles. The van der Waals surface area contributed by atoms with Crippen molar-refractivity contribution in [2.24, 2.45) is 5.73 Å². The van der Waals surface area contributed by atoms with Gasteiger partial charge in [0.15, 0.2) is 0 Å². The van der Waals surface area contributed by atoms with Gasteiger partial charge in [-0.1, -0.05) is 25.1 Å². The number of hydrogen-bond acceptors (Lipinski definition) is 3. The van der Waals surface area contributed by atoms with Gasteiger partial charge in [0.2, 0.25) is 0 Å². The second-order valence-corrected chi connectivity index (χ2v) is 5.69. The highest BCUT2D eigenvalue weighted by molar-refractivity contribution is 5.31. The van der Waals surface area contributed by atoms with Gasteiger partial charge in [-0.2, -0.15) is 0 Å². The molecule has 3 nitrogen and oxygen atoms in total. The molecular weight excluding hydrogens is 234 g/mol. The summed E-state index contributed by atoms with van der Waals surface area (Å²) in [6, 6.07) is 6.73. The Morgan fingerprint density at radius 2 is 1.68 bits per heavy atom. The zero-order valence-corrected chi connectivity index (χ0v) is 12.5. The Bertz CT molecular complexity index is 408. The molecule has 1 aromatic carbocycles. The van der Waals surface area contributed by atoms with Crippen molar-refractivity contribution in [2.45, 2.75) is 26.8 Å². The van der Waals surface area contributed by atoms with Crippen molar-refractivity contribution in [3.05, 3.63) is 34.9 Å². The quantitative estimate of drug-likeness (QED) is 0.899. The molecule has 0 spiro atoms. The lowest BCUT2D eigenvalue weighted by molar-refractivity contribution is 0.132. The Hall–Kier alpha value is -0.900. The van der Waals surface area contributed by atoms with Gasteiger partial charge in [0.05, 0.1) is 0 Å². The zero-order valence-electron chi connectivity index (χ0n) is 12.5. The minimum atomic E-state index is 0.132. The van der Waals surface area contributed by atoms with Crippen LogP contribution in [0, 0.1) is 13.8 Å². The van der Waals surface area contributed by atoms with Crippen molar-refractivity contribution in [3.63, 3.8) is 0 Å². The number of piperazine rings is 1. The lowest BCUT2D eigenvalue weighted by Gasteiger charge is -2.35. The van der Waals surface area contributed by atoms with Gasteiger partial charge in [0.25, 0.3) is 0 Å². The first-order chi connectivity index (χ1) is 9.10. The molecule has 1 aliphatic heterocycles. The lowest BCUT2D eigenvalue weighted by Crippen LogP contribution is -2.48. The molecule has 1 unspecified atom stereocenters. The van der Waals surface area contributed by atoms with Crippen LogP contribution >= 0.6 is 0 Å². The standard InChI is InChI=1S/C16H27N3/c1-4-18-7-9-19(10-8-18)12-16(17)15-6-5-13(2)14(3)11-15/h5-6,11,16H,4,7-10,12,17H2,1-3H3. The first-order valence-electron chi connectivity index (χ1n) is 7.37. The number of nitrogens with zero attached hydrogens (tertiary/aromatic N) is 2. The summed E-state index contributed by atoms with van der Waals surface area (Å²) in [4.78, 5) is 4.99. The maximum absolute atomic E-state index is 6.36. The van der Waals surface area contributed by atoms with Crippen molar-refractivity contribution in [2.75, 3.05) is 39.3 Å². The van der Waals surface area contributed by atoms with Crippen LogP contribution in [0.1, 0.15) is 29.7 Å². The van der Waals surface area contributed by atoms with Crippen LogP contribution in [0.25, 0.3) is 0 Å². The van der Waals surface area contributed by atoms with Crippen LogP contribution in [0.3, 0.4) is 0 Å². The van der Waals surface area contributed by atoms with Gasteiger partial charge >= 0.3 is 0 Å². The smallest absolute Gasteiger partial charge is 0.0424 e. The van der Waals surface area contributed by atoms with Gasteiger partial charge in [-0.3, -0.25) is 4.90 Å². The molecule has 1 aromatic rings. The van der Waals surface area contributed by atoms with E-state index >= 15 is 0 Å². The van der Waals surface area contributed by atoms with Crippen molar-refractivity contribution in [3.8, 4) is 0 Å². The molecule has 106 valence electrons. The lowest BCUT2D eigenvalue weighted by atomic mass is 10.0. The summed E-state index contributed by atoms with van der Waals surface area (Å²) in [5.74, 6) is 0. The Labute approximate surface area is 117 Å². The summed E-state index contributed by atoms with van der Waals surface area (Å²) in [6.07, 6.45) is 0. The molecule has 0 saturated carbocycles. The van der Waals surface area contributed by atoms with E-state index in [4.69, 9.17) is 5.73 Å². The minimum Gasteiger partial charge on any atom is -0.323 e. The van der Waals surface area contributed by atoms with E-state index in [0.29, 0.717) is 0 Å². The van der Waals surface area contributed by atoms with Crippen LogP contribution in [0.15, 0.2) is 18.2 Å². The Morgan fingerprint density at radius 3 is 2.26 bits per heavy atom. The third-order valence-corrected chi connectivity index (χ3v) is 4.33. The first kappa shape index (κ1) is 14.5. The van der Waals surface area contributed by atoms with Gasteiger partial charge in [-0.25, -0.2) is 0 Å². The monoisotopic (exact) mass is 261 g/mol. The summed E-state index contributed by atoms with van der Waals surface area (Å²) in [5.41, 5.74) is 10.3. The Balaban J connectivity index is 1.90. The molecule has 1 aliphatic rings. The van der Waals surface area contributed by atoms with Gasteiger partial charge in [0.1, 0.15) is 0 Å². The van der Waals surface area contributed by atoms with Gasteiger partial charge in [-0.15, -0.1) is 0 Å². The predicted molar refractivity (Wildman–Crippen MR) is 81.4 cm³/mol. The van der Waals surface area contributed by atoms with E-state index in [0.717, 1.165) is 26.2 Å². The molecule has 3 heteroatoms. The van der Waals surface area contributed by atoms with Crippen molar-refractivity contribution in [1.29, 1.82) is 0 Å². The van der Waals surface area contributed by atoms with Gasteiger partial charge in [0, 0.05) is 38.8 Å². The van der Waals surface area contributed by atoms with Gasteiger partial charge < -0.3 is 10.6 Å². The largest absolute Gasteiger partial charge is 0.323 e. The van der Waals surface area contributed by atoms with Crippen molar-refractivity contribution in [1.82, 2.24) is 9.80 Å². The molecular formula is C16H27N3. The van der Waals surface area contributed by atoms with E-state index < -0.39 is 0 Å². The second-order valence-electron chi connectivity index (χ2n) is 5.69. The molecule has 2 N–H and O–H groups in total. The Morgan fingerprint density at radius 1 is 1.05 bits per heavy atom. The van der Waals surface area contributed by atoms with Crippen LogP contribution in [-0.2, 0) is 0 Å². The van der Waals surface area contributed by atoms with E-state index in [1.807, 2.05) is 0 Å². The minimum absolute atomic E-state index is 0.132. The average Bonchev–Trinajstić information content (AvgIpc) is 2.42. The maximum atomic E-state index is 6.36. The third kappa shape index (κ3) is 3.78. The number of benzene rings is 1. The van der Waals surface area contributed by atoms with Crippen LogP contribution in [0.4, 0.5) is 0 Å². The van der Waals surface area contributed by atoms with Crippen LogP contribution in [-0.4, -0.2) is 49.1 Å². The first-order valence-corrected chi connectivity index (χ1v) is 7.37. The van der Waals surface area contributed by atoms with E-state index in [1.54, 1.807) is 0 Å². The Kier molecular flexibility index (Phi) is 4.97. The highest BCUT2D eigenvalue weighted by atomic mass is 15.3. The number of aryl methyl sites for hydroxylation is 2. The molecule has 1 heterocycles. The van der Waals surface area contributed by atoms with E-state index in [1.165, 1.54) is 29.8 Å².